The fourth-order valence-corrected chi connectivity index (χ4v) is 1.74. The lowest BCUT2D eigenvalue weighted by atomic mass is 10.3. The third-order valence-corrected chi connectivity index (χ3v) is 2.88. The van der Waals surface area contributed by atoms with Crippen LogP contribution in [-0.2, 0) is 9.53 Å². The van der Waals surface area contributed by atoms with Gasteiger partial charge in [-0.2, -0.15) is 0 Å². The van der Waals surface area contributed by atoms with Gasteiger partial charge in [0.05, 0.1) is 18.8 Å². The molecule has 0 heterocycles. The summed E-state index contributed by atoms with van der Waals surface area (Å²) in [5.74, 6) is 0.0347. The summed E-state index contributed by atoms with van der Waals surface area (Å²) >= 11 is 0. The van der Waals surface area contributed by atoms with Gasteiger partial charge in [-0.25, -0.2) is 0 Å². The van der Waals surface area contributed by atoms with Gasteiger partial charge in [0.25, 0.3) is 0 Å². The zero-order chi connectivity index (χ0) is 11.1. The highest BCUT2D eigenvalue weighted by molar-refractivity contribution is 5.81. The van der Waals surface area contributed by atoms with E-state index in [2.05, 4.69) is 10.6 Å². The van der Waals surface area contributed by atoms with Crippen LogP contribution in [0.5, 0.6) is 0 Å². The van der Waals surface area contributed by atoms with Crippen molar-refractivity contribution in [1.82, 2.24) is 10.6 Å². The molecule has 1 amide bonds. The van der Waals surface area contributed by atoms with E-state index in [1.165, 1.54) is 25.7 Å². The van der Waals surface area contributed by atoms with Gasteiger partial charge in [0, 0.05) is 6.54 Å². The van der Waals surface area contributed by atoms with Gasteiger partial charge in [0.2, 0.25) is 5.91 Å². The van der Waals surface area contributed by atoms with E-state index >= 15 is 0 Å². The quantitative estimate of drug-likeness (QED) is 0.639. The lowest BCUT2D eigenvalue weighted by Crippen LogP contribution is -2.41. The number of hydrogen-bond acceptors (Lipinski definition) is 3. The first-order chi connectivity index (χ1) is 7.24. The SMILES string of the molecule is CNC(C)C(=O)NCCOC1CCCC1. The fraction of sp³-hybridized carbons (Fsp3) is 0.909. The molecule has 0 saturated heterocycles. The summed E-state index contributed by atoms with van der Waals surface area (Å²) in [6, 6.07) is -0.128. The van der Waals surface area contributed by atoms with Gasteiger partial charge in [-0.15, -0.1) is 0 Å². The Balaban J connectivity index is 1.98. The van der Waals surface area contributed by atoms with Crippen LogP contribution in [-0.4, -0.2) is 38.3 Å². The van der Waals surface area contributed by atoms with Gasteiger partial charge in [-0.3, -0.25) is 4.79 Å². The van der Waals surface area contributed by atoms with E-state index in [9.17, 15) is 4.79 Å². The molecule has 4 nitrogen and oxygen atoms in total. The first-order valence-corrected chi connectivity index (χ1v) is 5.80. The first kappa shape index (κ1) is 12.5. The number of likely N-dealkylation sites (N-methyl/N-ethyl adjacent to an activating group) is 1. The average Bonchev–Trinajstić information content (AvgIpc) is 2.75. The van der Waals surface area contributed by atoms with Crippen molar-refractivity contribution in [3.05, 3.63) is 0 Å². The number of carbonyl (C=O) groups excluding carboxylic acids is 1. The monoisotopic (exact) mass is 214 g/mol. The third kappa shape index (κ3) is 4.62. The highest BCUT2D eigenvalue weighted by atomic mass is 16.5. The van der Waals surface area contributed by atoms with Crippen molar-refractivity contribution in [1.29, 1.82) is 0 Å². The standard InChI is InChI=1S/C11H22N2O2/c1-9(12-2)11(14)13-7-8-15-10-5-3-4-6-10/h9-10,12H,3-8H2,1-2H3,(H,13,14). The van der Waals surface area contributed by atoms with Crippen LogP contribution < -0.4 is 10.6 Å². The van der Waals surface area contributed by atoms with Gasteiger partial charge < -0.3 is 15.4 Å². The summed E-state index contributed by atoms with van der Waals surface area (Å²) in [6.45, 7) is 3.08. The second-order valence-electron chi connectivity index (χ2n) is 4.08. The molecule has 1 rings (SSSR count). The number of hydrogen-bond donors (Lipinski definition) is 2. The average molecular weight is 214 g/mol. The second-order valence-corrected chi connectivity index (χ2v) is 4.08. The van der Waals surface area contributed by atoms with E-state index in [0.29, 0.717) is 19.3 Å². The molecule has 0 spiro atoms. The van der Waals surface area contributed by atoms with Gasteiger partial charge in [0.1, 0.15) is 0 Å². The molecule has 1 aliphatic rings. The maximum absolute atomic E-state index is 11.3. The zero-order valence-electron chi connectivity index (χ0n) is 9.71. The maximum atomic E-state index is 11.3. The predicted octanol–water partition coefficient (Wildman–Crippen LogP) is 0.670. The van der Waals surface area contributed by atoms with E-state index in [-0.39, 0.29) is 11.9 Å². The molecular formula is C11H22N2O2. The van der Waals surface area contributed by atoms with Crippen LogP contribution in [0.25, 0.3) is 0 Å². The fourth-order valence-electron chi connectivity index (χ4n) is 1.74. The lowest BCUT2D eigenvalue weighted by Gasteiger charge is -2.13. The smallest absolute Gasteiger partial charge is 0.236 e. The number of nitrogens with one attached hydrogen (secondary N) is 2. The van der Waals surface area contributed by atoms with Gasteiger partial charge in [-0.05, 0) is 26.8 Å². The molecule has 1 aliphatic carbocycles. The van der Waals surface area contributed by atoms with Crippen LogP contribution in [0, 0.1) is 0 Å². The summed E-state index contributed by atoms with van der Waals surface area (Å²) in [7, 11) is 1.78. The largest absolute Gasteiger partial charge is 0.376 e. The first-order valence-electron chi connectivity index (χ1n) is 5.80. The summed E-state index contributed by atoms with van der Waals surface area (Å²) in [5, 5.41) is 5.72. The van der Waals surface area contributed by atoms with E-state index in [1.807, 2.05) is 6.92 Å². The minimum atomic E-state index is -0.128. The Labute approximate surface area is 91.8 Å². The Bertz CT molecular complexity index is 191. The van der Waals surface area contributed by atoms with Crippen molar-refractivity contribution < 1.29 is 9.53 Å². The van der Waals surface area contributed by atoms with Crippen molar-refractivity contribution in [3.63, 3.8) is 0 Å². The van der Waals surface area contributed by atoms with Crippen molar-refractivity contribution >= 4 is 5.91 Å². The van der Waals surface area contributed by atoms with Crippen molar-refractivity contribution in [3.8, 4) is 0 Å². The summed E-state index contributed by atoms with van der Waals surface area (Å²) < 4.78 is 5.63. The molecule has 88 valence electrons. The maximum Gasteiger partial charge on any atom is 0.236 e. The molecule has 1 unspecified atom stereocenters. The van der Waals surface area contributed by atoms with Gasteiger partial charge in [0.15, 0.2) is 0 Å². The molecule has 0 radical (unpaired) electrons. The van der Waals surface area contributed by atoms with E-state index < -0.39 is 0 Å². The number of amides is 1. The van der Waals surface area contributed by atoms with Gasteiger partial charge >= 0.3 is 0 Å². The molecule has 15 heavy (non-hydrogen) atoms. The molecule has 0 bridgehead atoms. The minimum absolute atomic E-state index is 0.0347. The Morgan fingerprint density at radius 2 is 2.13 bits per heavy atom. The normalized spacial score (nSPS) is 19.1. The zero-order valence-corrected chi connectivity index (χ0v) is 9.71. The summed E-state index contributed by atoms with van der Waals surface area (Å²) in [6.07, 6.45) is 5.37. The molecule has 0 aliphatic heterocycles. The van der Waals surface area contributed by atoms with Crippen LogP contribution in [0.1, 0.15) is 32.6 Å². The van der Waals surface area contributed by atoms with Crippen LogP contribution >= 0.6 is 0 Å². The summed E-state index contributed by atoms with van der Waals surface area (Å²) in [5.41, 5.74) is 0. The van der Waals surface area contributed by atoms with Crippen LogP contribution in [0.2, 0.25) is 0 Å². The second kappa shape index (κ2) is 6.80. The molecular weight excluding hydrogens is 192 g/mol. The Kier molecular flexibility index (Phi) is 5.65. The highest BCUT2D eigenvalue weighted by Crippen LogP contribution is 2.20. The molecule has 0 aromatic carbocycles. The predicted molar refractivity (Wildman–Crippen MR) is 59.7 cm³/mol. The van der Waals surface area contributed by atoms with Crippen LogP contribution in [0.3, 0.4) is 0 Å². The molecule has 2 N–H and O–H groups in total. The highest BCUT2D eigenvalue weighted by Gasteiger charge is 2.15. The van der Waals surface area contributed by atoms with Crippen LogP contribution in [0.15, 0.2) is 0 Å². The van der Waals surface area contributed by atoms with Crippen LogP contribution in [0.4, 0.5) is 0 Å². The topological polar surface area (TPSA) is 50.4 Å². The molecule has 1 atom stereocenters. The Morgan fingerprint density at radius 1 is 1.47 bits per heavy atom. The van der Waals surface area contributed by atoms with E-state index in [0.717, 1.165) is 0 Å². The van der Waals surface area contributed by atoms with E-state index in [4.69, 9.17) is 4.74 Å². The number of ether oxygens (including phenoxy) is 1. The summed E-state index contributed by atoms with van der Waals surface area (Å²) in [4.78, 5) is 11.3. The Hall–Kier alpha value is -0.610. The van der Waals surface area contributed by atoms with Gasteiger partial charge in [-0.1, -0.05) is 12.8 Å². The van der Waals surface area contributed by atoms with Crippen molar-refractivity contribution in [2.75, 3.05) is 20.2 Å². The Morgan fingerprint density at radius 3 is 2.73 bits per heavy atom. The third-order valence-electron chi connectivity index (χ3n) is 2.88. The van der Waals surface area contributed by atoms with E-state index in [1.54, 1.807) is 7.05 Å². The molecule has 1 saturated carbocycles. The number of carbonyl (C=O) groups is 1. The number of rotatable bonds is 6. The molecule has 1 fully saturated rings. The minimum Gasteiger partial charge on any atom is -0.376 e. The molecule has 0 aromatic rings. The molecule has 0 aromatic heterocycles. The van der Waals surface area contributed by atoms with Crippen molar-refractivity contribution in [2.24, 2.45) is 0 Å². The lowest BCUT2D eigenvalue weighted by molar-refractivity contribution is -0.122. The molecule has 4 heteroatoms. The van der Waals surface area contributed by atoms with Crippen molar-refractivity contribution in [2.45, 2.75) is 44.8 Å².